The van der Waals surface area contributed by atoms with Crippen LogP contribution in [0, 0.1) is 0 Å². The van der Waals surface area contributed by atoms with E-state index in [4.69, 9.17) is 17.3 Å². The van der Waals surface area contributed by atoms with E-state index in [9.17, 15) is 0 Å². The van der Waals surface area contributed by atoms with Gasteiger partial charge in [-0.3, -0.25) is 0 Å². The molecule has 4 nitrogen and oxygen atoms in total. The van der Waals surface area contributed by atoms with Crippen LogP contribution in [0.5, 0.6) is 0 Å². The Bertz CT molecular complexity index is 487. The van der Waals surface area contributed by atoms with Crippen molar-refractivity contribution >= 4 is 23.1 Å². The molecule has 0 atom stereocenters. The van der Waals surface area contributed by atoms with Crippen molar-refractivity contribution in [1.82, 2.24) is 9.97 Å². The van der Waals surface area contributed by atoms with Crippen LogP contribution in [-0.2, 0) is 6.54 Å². The van der Waals surface area contributed by atoms with E-state index in [1.165, 1.54) is 0 Å². The Morgan fingerprint density at radius 3 is 2.81 bits per heavy atom. The first-order valence-corrected chi connectivity index (χ1v) is 5.18. The van der Waals surface area contributed by atoms with Gasteiger partial charge in [0.05, 0.1) is 0 Å². The van der Waals surface area contributed by atoms with Crippen molar-refractivity contribution in [2.45, 2.75) is 6.54 Å². The van der Waals surface area contributed by atoms with Crippen LogP contribution in [-0.4, -0.2) is 9.97 Å². The highest BCUT2D eigenvalue weighted by Crippen LogP contribution is 2.15. The smallest absolute Gasteiger partial charge is 0.171 e. The van der Waals surface area contributed by atoms with E-state index < -0.39 is 0 Å². The molecule has 0 aliphatic carbocycles. The molecular weight excluding hydrogens is 224 g/mol. The maximum Gasteiger partial charge on any atom is 0.171 e. The highest BCUT2D eigenvalue weighted by molar-refractivity contribution is 6.31. The zero-order valence-electron chi connectivity index (χ0n) is 8.52. The van der Waals surface area contributed by atoms with E-state index in [0.29, 0.717) is 17.5 Å². The summed E-state index contributed by atoms with van der Waals surface area (Å²) in [5.74, 6) is 0.576. The molecule has 2 rings (SSSR count). The zero-order chi connectivity index (χ0) is 11.4. The minimum atomic E-state index is 0.367. The Labute approximate surface area is 98.5 Å². The fourth-order valence-corrected chi connectivity index (χ4v) is 1.50. The van der Waals surface area contributed by atoms with Crippen LogP contribution in [0.15, 0.2) is 36.7 Å². The van der Waals surface area contributed by atoms with Crippen molar-refractivity contribution in [2.75, 3.05) is 11.1 Å². The van der Waals surface area contributed by atoms with E-state index in [1.54, 1.807) is 12.4 Å². The predicted molar refractivity (Wildman–Crippen MR) is 65.2 cm³/mol. The summed E-state index contributed by atoms with van der Waals surface area (Å²) in [5.41, 5.74) is 7.49. The van der Waals surface area contributed by atoms with E-state index in [0.717, 1.165) is 11.3 Å². The first-order chi connectivity index (χ1) is 7.75. The first kappa shape index (κ1) is 10.7. The summed E-state index contributed by atoms with van der Waals surface area (Å²) in [7, 11) is 0. The minimum absolute atomic E-state index is 0.367. The second-order valence-electron chi connectivity index (χ2n) is 3.29. The maximum absolute atomic E-state index is 5.86. The third-order valence-corrected chi connectivity index (χ3v) is 2.34. The van der Waals surface area contributed by atoms with Crippen molar-refractivity contribution < 1.29 is 0 Å². The highest BCUT2D eigenvalue weighted by Gasteiger charge is 2.01. The average Bonchev–Trinajstić information content (AvgIpc) is 2.28. The number of halogens is 1. The van der Waals surface area contributed by atoms with Gasteiger partial charge < -0.3 is 11.1 Å². The third kappa shape index (κ3) is 2.61. The lowest BCUT2D eigenvalue weighted by Crippen LogP contribution is -2.02. The second-order valence-corrected chi connectivity index (χ2v) is 3.65. The molecule has 0 spiro atoms. The average molecular weight is 235 g/mol. The molecule has 0 saturated heterocycles. The largest absolute Gasteiger partial charge is 0.399 e. The lowest BCUT2D eigenvalue weighted by atomic mass is 10.2. The number of hydrogen-bond donors (Lipinski definition) is 2. The molecule has 0 aliphatic heterocycles. The van der Waals surface area contributed by atoms with Crippen molar-refractivity contribution in [3.8, 4) is 0 Å². The van der Waals surface area contributed by atoms with E-state index in [-0.39, 0.29) is 0 Å². The molecule has 2 aromatic rings. The number of benzene rings is 1. The molecule has 0 bridgehead atoms. The SMILES string of the molecule is Nc1cccc(CNc2nccnc2Cl)c1. The van der Waals surface area contributed by atoms with Crippen LogP contribution >= 0.6 is 11.6 Å². The van der Waals surface area contributed by atoms with Crippen LogP contribution < -0.4 is 11.1 Å². The molecule has 1 heterocycles. The van der Waals surface area contributed by atoms with Gasteiger partial charge in [-0.05, 0) is 17.7 Å². The van der Waals surface area contributed by atoms with E-state index in [2.05, 4.69) is 15.3 Å². The van der Waals surface area contributed by atoms with Crippen molar-refractivity contribution in [3.05, 3.63) is 47.4 Å². The van der Waals surface area contributed by atoms with Crippen LogP contribution in [0.25, 0.3) is 0 Å². The van der Waals surface area contributed by atoms with Crippen LogP contribution in [0.2, 0.25) is 5.15 Å². The first-order valence-electron chi connectivity index (χ1n) is 4.80. The van der Waals surface area contributed by atoms with Gasteiger partial charge in [0.1, 0.15) is 0 Å². The van der Waals surface area contributed by atoms with Gasteiger partial charge in [0.2, 0.25) is 0 Å². The summed E-state index contributed by atoms with van der Waals surface area (Å²) in [6.07, 6.45) is 3.14. The van der Waals surface area contributed by atoms with Crippen LogP contribution in [0.4, 0.5) is 11.5 Å². The van der Waals surface area contributed by atoms with E-state index >= 15 is 0 Å². The normalized spacial score (nSPS) is 10.1. The lowest BCUT2D eigenvalue weighted by Gasteiger charge is -2.06. The van der Waals surface area contributed by atoms with E-state index in [1.807, 2.05) is 24.3 Å². The molecule has 16 heavy (non-hydrogen) atoms. The number of nitrogen functional groups attached to an aromatic ring is 1. The molecular formula is C11H11ClN4. The fourth-order valence-electron chi connectivity index (χ4n) is 1.33. The number of hydrogen-bond acceptors (Lipinski definition) is 4. The summed E-state index contributed by atoms with van der Waals surface area (Å²) in [6.45, 7) is 0.615. The Morgan fingerprint density at radius 2 is 2.06 bits per heavy atom. The number of rotatable bonds is 3. The molecule has 1 aromatic heterocycles. The van der Waals surface area contributed by atoms with Gasteiger partial charge in [-0.2, -0.15) is 0 Å². The van der Waals surface area contributed by atoms with Gasteiger partial charge in [0, 0.05) is 24.6 Å². The summed E-state index contributed by atoms with van der Waals surface area (Å²) < 4.78 is 0. The van der Waals surface area contributed by atoms with Gasteiger partial charge in [0.25, 0.3) is 0 Å². The quantitative estimate of drug-likeness (QED) is 0.800. The Morgan fingerprint density at radius 1 is 1.25 bits per heavy atom. The van der Waals surface area contributed by atoms with Gasteiger partial charge in [-0.25, -0.2) is 9.97 Å². The second kappa shape index (κ2) is 4.81. The number of nitrogens with zero attached hydrogens (tertiary/aromatic N) is 2. The molecule has 0 fully saturated rings. The predicted octanol–water partition coefficient (Wildman–Crippen LogP) is 2.32. The molecule has 0 radical (unpaired) electrons. The summed E-state index contributed by atoms with van der Waals surface area (Å²) in [4.78, 5) is 8.00. The van der Waals surface area contributed by atoms with Gasteiger partial charge in [-0.15, -0.1) is 0 Å². The highest BCUT2D eigenvalue weighted by atomic mass is 35.5. The van der Waals surface area contributed by atoms with Gasteiger partial charge in [0.15, 0.2) is 11.0 Å². The maximum atomic E-state index is 5.86. The molecule has 5 heteroatoms. The molecule has 82 valence electrons. The summed E-state index contributed by atoms with van der Waals surface area (Å²) in [5, 5.41) is 3.46. The molecule has 1 aromatic carbocycles. The lowest BCUT2D eigenvalue weighted by molar-refractivity contribution is 1.09. The minimum Gasteiger partial charge on any atom is -0.399 e. The van der Waals surface area contributed by atoms with Gasteiger partial charge >= 0.3 is 0 Å². The van der Waals surface area contributed by atoms with Crippen LogP contribution in [0.3, 0.4) is 0 Å². The standard InChI is InChI=1S/C11H11ClN4/c12-10-11(15-5-4-14-10)16-7-8-2-1-3-9(13)6-8/h1-6H,7,13H2,(H,15,16). The zero-order valence-corrected chi connectivity index (χ0v) is 9.28. The summed E-state index contributed by atoms with van der Waals surface area (Å²) >= 11 is 5.86. The number of aromatic nitrogens is 2. The van der Waals surface area contributed by atoms with Crippen molar-refractivity contribution in [3.63, 3.8) is 0 Å². The summed E-state index contributed by atoms with van der Waals surface area (Å²) in [6, 6.07) is 7.63. The Hall–Kier alpha value is -1.81. The topological polar surface area (TPSA) is 63.8 Å². The van der Waals surface area contributed by atoms with Crippen molar-refractivity contribution in [2.24, 2.45) is 0 Å². The Kier molecular flexibility index (Phi) is 3.22. The third-order valence-electron chi connectivity index (χ3n) is 2.06. The Balaban J connectivity index is 2.05. The molecule has 0 amide bonds. The molecule has 0 aliphatic rings. The molecule has 0 unspecified atom stereocenters. The number of anilines is 2. The molecule has 3 N–H and O–H groups in total. The fraction of sp³-hybridized carbons (Fsp3) is 0.0909. The number of nitrogens with one attached hydrogen (secondary N) is 1. The number of nitrogens with two attached hydrogens (primary N) is 1. The van der Waals surface area contributed by atoms with Crippen LogP contribution in [0.1, 0.15) is 5.56 Å². The molecule has 0 saturated carbocycles. The van der Waals surface area contributed by atoms with Gasteiger partial charge in [-0.1, -0.05) is 23.7 Å². The van der Waals surface area contributed by atoms with Crippen molar-refractivity contribution in [1.29, 1.82) is 0 Å². The monoisotopic (exact) mass is 234 g/mol.